The average Bonchev–Trinajstić information content (AvgIpc) is 2.21. The van der Waals surface area contributed by atoms with Crippen LogP contribution in [0.3, 0.4) is 0 Å². The number of nitrogens with one attached hydrogen (secondary N) is 1. The van der Waals surface area contributed by atoms with Crippen molar-refractivity contribution in [2.75, 3.05) is 0 Å². The van der Waals surface area contributed by atoms with Crippen LogP contribution < -0.4 is 4.98 Å². The van der Waals surface area contributed by atoms with Gasteiger partial charge in [0, 0.05) is 12.1 Å². The monoisotopic (exact) mass is 169 g/mol. The van der Waals surface area contributed by atoms with Gasteiger partial charge in [-0.1, -0.05) is 36.4 Å². The first kappa shape index (κ1) is 7.99. The second-order valence-corrected chi connectivity index (χ2v) is 2.87. The summed E-state index contributed by atoms with van der Waals surface area (Å²) in [6.45, 7) is 0. The summed E-state index contributed by atoms with van der Waals surface area (Å²) in [4.78, 5) is 3.16. The van der Waals surface area contributed by atoms with Crippen LogP contribution in [0.1, 0.15) is 11.3 Å². The van der Waals surface area contributed by atoms with E-state index in [4.69, 9.17) is 0 Å². The Morgan fingerprint density at radius 2 is 1.62 bits per heavy atom. The fourth-order valence-corrected chi connectivity index (χ4v) is 1.23. The lowest BCUT2D eigenvalue weighted by molar-refractivity contribution is -0.384. The highest BCUT2D eigenvalue weighted by molar-refractivity contribution is 5.30. The molecule has 13 heavy (non-hydrogen) atoms. The van der Waals surface area contributed by atoms with Crippen molar-refractivity contribution < 1.29 is 4.98 Å². The molecule has 0 aliphatic rings. The van der Waals surface area contributed by atoms with Gasteiger partial charge < -0.3 is 0 Å². The van der Waals surface area contributed by atoms with E-state index in [9.17, 15) is 0 Å². The second-order valence-electron chi connectivity index (χ2n) is 2.87. The molecule has 2 rings (SSSR count). The molecule has 1 N–H and O–H groups in total. The molecule has 1 heterocycles. The fourth-order valence-electron chi connectivity index (χ4n) is 1.23. The van der Waals surface area contributed by atoms with Crippen molar-refractivity contribution in [3.8, 4) is 0 Å². The van der Waals surface area contributed by atoms with Crippen LogP contribution >= 0.6 is 0 Å². The van der Waals surface area contributed by atoms with Gasteiger partial charge in [-0.25, -0.2) is 4.98 Å². The molecule has 0 aliphatic carbocycles. The van der Waals surface area contributed by atoms with E-state index in [1.165, 1.54) is 5.56 Å². The zero-order chi connectivity index (χ0) is 8.93. The Hall–Kier alpha value is -1.63. The summed E-state index contributed by atoms with van der Waals surface area (Å²) in [7, 11) is 0. The van der Waals surface area contributed by atoms with E-state index in [-0.39, 0.29) is 0 Å². The summed E-state index contributed by atoms with van der Waals surface area (Å²) in [5.74, 6) is 0. The molecule has 63 valence electrons. The van der Waals surface area contributed by atoms with E-state index in [1.807, 2.05) is 42.6 Å². The Bertz CT molecular complexity index is 316. The van der Waals surface area contributed by atoms with Crippen LogP contribution in [0.5, 0.6) is 0 Å². The number of H-pyrrole nitrogens is 1. The van der Waals surface area contributed by atoms with Gasteiger partial charge in [0.25, 0.3) is 0 Å². The van der Waals surface area contributed by atoms with Gasteiger partial charge in [0.15, 0.2) is 11.9 Å². The summed E-state index contributed by atoms with van der Waals surface area (Å²) < 4.78 is 0. The minimum atomic E-state index is 1.12. The van der Waals surface area contributed by atoms with Crippen LogP contribution in [-0.2, 0) is 0 Å². The lowest BCUT2D eigenvalue weighted by Crippen LogP contribution is -2.07. The molecule has 1 aromatic heterocycles. The Morgan fingerprint density at radius 3 is 2.31 bits per heavy atom. The van der Waals surface area contributed by atoms with E-state index >= 15 is 0 Å². The van der Waals surface area contributed by atoms with Crippen molar-refractivity contribution >= 4 is 0 Å². The molecule has 1 heteroatoms. The normalized spacial score (nSPS) is 9.85. The average molecular weight is 169 g/mol. The molecule has 0 amide bonds. The molecule has 0 fully saturated rings. The summed E-state index contributed by atoms with van der Waals surface area (Å²) in [5, 5.41) is 0. The van der Waals surface area contributed by atoms with Gasteiger partial charge in [0.2, 0.25) is 0 Å². The highest BCUT2D eigenvalue weighted by Gasteiger charge is 2.00. The third-order valence-electron chi connectivity index (χ3n) is 1.85. The third-order valence-corrected chi connectivity index (χ3v) is 1.85. The van der Waals surface area contributed by atoms with E-state index in [2.05, 4.69) is 23.5 Å². The molecule has 0 saturated heterocycles. The number of rotatable bonds is 2. The first-order valence-electron chi connectivity index (χ1n) is 4.32. The lowest BCUT2D eigenvalue weighted by atomic mass is 10.1. The van der Waals surface area contributed by atoms with Crippen molar-refractivity contribution in [2.24, 2.45) is 0 Å². The Balaban J connectivity index is 2.16. The van der Waals surface area contributed by atoms with Crippen LogP contribution in [0, 0.1) is 6.42 Å². The van der Waals surface area contributed by atoms with Gasteiger partial charge in [-0.05, 0) is 5.56 Å². The molecule has 0 atom stereocenters. The Labute approximate surface area is 78.1 Å². The molecule has 0 bridgehead atoms. The largest absolute Gasteiger partial charge is 0.215 e. The molecule has 0 aliphatic heterocycles. The fraction of sp³-hybridized carbons (Fsp3) is 0. The minimum absolute atomic E-state index is 1.12. The zero-order valence-corrected chi connectivity index (χ0v) is 7.27. The molecule has 0 spiro atoms. The third kappa shape index (κ3) is 2.15. The van der Waals surface area contributed by atoms with Gasteiger partial charge in [0.05, 0.1) is 6.42 Å². The lowest BCUT2D eigenvalue weighted by Gasteiger charge is -1.94. The first-order valence-corrected chi connectivity index (χ1v) is 4.32. The molecular formula is C12H11N+. The van der Waals surface area contributed by atoms with E-state index in [1.54, 1.807) is 0 Å². The predicted molar refractivity (Wildman–Crippen MR) is 51.9 cm³/mol. The quantitative estimate of drug-likeness (QED) is 0.653. The second kappa shape index (κ2) is 3.85. The maximum Gasteiger partial charge on any atom is 0.188 e. The molecule has 2 aromatic rings. The van der Waals surface area contributed by atoms with Crippen LogP contribution in [0.25, 0.3) is 0 Å². The Kier molecular flexibility index (Phi) is 2.37. The number of hydrogen-bond acceptors (Lipinski definition) is 0. The van der Waals surface area contributed by atoms with Crippen molar-refractivity contribution in [2.45, 2.75) is 0 Å². The number of hydrogen-bond donors (Lipinski definition) is 0. The van der Waals surface area contributed by atoms with Gasteiger partial charge in [-0.15, -0.1) is 0 Å². The van der Waals surface area contributed by atoms with Crippen LogP contribution in [0.2, 0.25) is 0 Å². The number of benzene rings is 1. The molecular weight excluding hydrogens is 158 g/mol. The Morgan fingerprint density at radius 1 is 0.846 bits per heavy atom. The van der Waals surface area contributed by atoms with Gasteiger partial charge >= 0.3 is 0 Å². The van der Waals surface area contributed by atoms with Crippen LogP contribution in [0.15, 0.2) is 54.7 Å². The topological polar surface area (TPSA) is 14.1 Å². The molecule has 0 saturated carbocycles. The molecule has 1 aromatic carbocycles. The van der Waals surface area contributed by atoms with Crippen molar-refractivity contribution in [3.63, 3.8) is 0 Å². The summed E-state index contributed by atoms with van der Waals surface area (Å²) in [6, 6.07) is 16.3. The number of pyridine rings is 1. The molecule has 1 nitrogen and oxygen atoms in total. The van der Waals surface area contributed by atoms with Crippen LogP contribution in [0.4, 0.5) is 0 Å². The minimum Gasteiger partial charge on any atom is -0.215 e. The maximum atomic E-state index is 3.16. The van der Waals surface area contributed by atoms with Gasteiger partial charge in [-0.2, -0.15) is 0 Å². The van der Waals surface area contributed by atoms with Crippen molar-refractivity contribution in [1.29, 1.82) is 0 Å². The van der Waals surface area contributed by atoms with Crippen molar-refractivity contribution in [1.82, 2.24) is 0 Å². The van der Waals surface area contributed by atoms with E-state index < -0.39 is 0 Å². The SMILES string of the molecule is [CH](c1ccccc1)c1cccc[nH+]1. The molecule has 1 radical (unpaired) electrons. The van der Waals surface area contributed by atoms with Crippen LogP contribution in [-0.4, -0.2) is 0 Å². The standard InChI is InChI=1S/C12H10N/c1-2-6-11(7-3-1)10-12-8-4-5-9-13-12/h1-10H/p+1. The van der Waals surface area contributed by atoms with Gasteiger partial charge in [0.1, 0.15) is 0 Å². The number of aromatic nitrogens is 1. The predicted octanol–water partition coefficient (Wildman–Crippen LogP) is 2.10. The molecule has 0 unspecified atom stereocenters. The first-order chi connectivity index (χ1) is 6.45. The maximum absolute atomic E-state index is 3.16. The highest BCUT2D eigenvalue weighted by Crippen LogP contribution is 2.05. The summed E-state index contributed by atoms with van der Waals surface area (Å²) in [5.41, 5.74) is 2.33. The van der Waals surface area contributed by atoms with Gasteiger partial charge in [-0.3, -0.25) is 0 Å². The summed E-state index contributed by atoms with van der Waals surface area (Å²) >= 11 is 0. The smallest absolute Gasteiger partial charge is 0.188 e. The number of aromatic amines is 1. The van der Waals surface area contributed by atoms with E-state index in [0.29, 0.717) is 0 Å². The zero-order valence-electron chi connectivity index (χ0n) is 7.27. The highest BCUT2D eigenvalue weighted by atomic mass is 14.7. The van der Waals surface area contributed by atoms with Crippen molar-refractivity contribution in [3.05, 3.63) is 72.4 Å². The summed E-state index contributed by atoms with van der Waals surface area (Å²) in [6.07, 6.45) is 4.04. The van der Waals surface area contributed by atoms with E-state index in [0.717, 1.165) is 5.69 Å².